The molecule has 0 spiro atoms. The quantitative estimate of drug-likeness (QED) is 0.119. The number of ketones is 2. The Kier molecular flexibility index (Phi) is 12.0. The van der Waals surface area contributed by atoms with Crippen molar-refractivity contribution in [2.45, 2.75) is 32.9 Å². The maximum Gasteiger partial charge on any atom is 0.199 e. The fourth-order valence-corrected chi connectivity index (χ4v) is 6.19. The van der Waals surface area contributed by atoms with Crippen LogP contribution in [-0.2, 0) is 12.8 Å². The van der Waals surface area contributed by atoms with Crippen LogP contribution in [0.2, 0.25) is 10.0 Å². The molecular formula is C33H24Cl2F2N6O4S2. The van der Waals surface area contributed by atoms with E-state index in [9.17, 15) is 18.4 Å². The molecular weight excluding hydrogens is 717 g/mol. The summed E-state index contributed by atoms with van der Waals surface area (Å²) in [4.78, 5) is 48.5. The molecule has 16 heteroatoms. The van der Waals surface area contributed by atoms with Gasteiger partial charge in [-0.1, -0.05) is 34.5 Å². The largest absolute Gasteiger partial charge is 0.454 e. The zero-order chi connectivity index (χ0) is 34.9. The topological polar surface area (TPSA) is 130 Å². The molecule has 0 saturated heterocycles. The minimum absolute atomic E-state index is 0.00363. The molecule has 49 heavy (non-hydrogen) atoms. The monoisotopic (exact) mass is 740 g/mol. The highest BCUT2D eigenvalue weighted by Crippen LogP contribution is 2.28. The van der Waals surface area contributed by atoms with Crippen molar-refractivity contribution in [3.63, 3.8) is 0 Å². The number of aromatic nitrogens is 6. The number of rotatable bonds is 11. The Morgan fingerprint density at radius 1 is 0.755 bits per heavy atom. The van der Waals surface area contributed by atoms with Gasteiger partial charge >= 0.3 is 0 Å². The van der Waals surface area contributed by atoms with Gasteiger partial charge in [-0.2, -0.15) is 4.39 Å². The minimum Gasteiger partial charge on any atom is -0.454 e. The molecule has 4 aromatic heterocycles. The molecule has 0 bridgehead atoms. The summed E-state index contributed by atoms with van der Waals surface area (Å²) in [5.74, 6) is 1.26. The van der Waals surface area contributed by atoms with Gasteiger partial charge in [0.1, 0.15) is 40.3 Å². The number of nitrogens with zero attached hydrogens (tertiary/aromatic N) is 6. The molecule has 0 N–H and O–H groups in total. The highest BCUT2D eigenvalue weighted by molar-refractivity contribution is 7.10. The summed E-state index contributed by atoms with van der Waals surface area (Å²) in [6.45, 7) is 2.97. The molecule has 6 rings (SSSR count). The van der Waals surface area contributed by atoms with E-state index in [1.807, 2.05) is 0 Å². The normalized spacial score (nSPS) is 11.3. The van der Waals surface area contributed by atoms with Crippen LogP contribution in [0.5, 0.6) is 23.0 Å². The molecule has 2 aromatic carbocycles. The SMILES string of the molecule is CC(F)c1csc(CC(=O)c2cc(Cl)cc(Oc3cncnc3)c2)n1.Cc1nc(CC(=O)c2cc(Cl)cc(Oc3cncnc3)c2)sc1F. The van der Waals surface area contributed by atoms with E-state index in [-0.39, 0.29) is 29.5 Å². The standard InChI is InChI=1S/C17H13ClFN3O2S.C16H11ClFN3O2S/c1-10(19)15-8-25-17(22-15)5-16(23)11-2-12(18)4-13(3-11)24-14-6-20-9-21-7-14;1-9-16(18)24-15(21-9)5-14(22)10-2-11(17)4-12(3-10)23-13-6-19-8-20-7-13/h2-4,6-10H,5H2,1H3;2-4,6-8H,5H2,1H3. The number of Topliss-reactive ketones (excluding diaryl/α,β-unsaturated/α-hetero) is 2. The number of halogens is 4. The third-order valence-corrected chi connectivity index (χ3v) is 8.57. The first-order valence-electron chi connectivity index (χ1n) is 14.3. The summed E-state index contributed by atoms with van der Waals surface area (Å²) in [5.41, 5.74) is 1.39. The lowest BCUT2D eigenvalue weighted by molar-refractivity contribution is 0.0984. The van der Waals surface area contributed by atoms with Crippen molar-refractivity contribution in [1.29, 1.82) is 0 Å². The highest BCUT2D eigenvalue weighted by Gasteiger charge is 2.16. The van der Waals surface area contributed by atoms with E-state index in [1.54, 1.807) is 42.6 Å². The number of aryl methyl sites for hydroxylation is 1. The minimum atomic E-state index is -1.15. The number of carbonyl (C=O) groups is 2. The fraction of sp³-hybridized carbons (Fsp3) is 0.152. The van der Waals surface area contributed by atoms with Gasteiger partial charge in [-0.3, -0.25) is 9.59 Å². The summed E-state index contributed by atoms with van der Waals surface area (Å²) < 4.78 is 37.8. The van der Waals surface area contributed by atoms with E-state index in [4.69, 9.17) is 32.7 Å². The number of thiazole rings is 2. The molecule has 0 radical (unpaired) electrons. The van der Waals surface area contributed by atoms with Crippen LogP contribution in [0.4, 0.5) is 8.78 Å². The smallest absolute Gasteiger partial charge is 0.199 e. The average molecular weight is 742 g/mol. The first-order chi connectivity index (χ1) is 23.5. The van der Waals surface area contributed by atoms with Crippen molar-refractivity contribution in [1.82, 2.24) is 29.9 Å². The van der Waals surface area contributed by atoms with Gasteiger partial charge in [0.2, 0.25) is 0 Å². The summed E-state index contributed by atoms with van der Waals surface area (Å²) >= 11 is 14.3. The molecule has 0 fully saturated rings. The van der Waals surface area contributed by atoms with Crippen LogP contribution in [0, 0.1) is 12.1 Å². The van der Waals surface area contributed by atoms with Gasteiger partial charge < -0.3 is 9.47 Å². The third kappa shape index (κ3) is 10.4. The summed E-state index contributed by atoms with van der Waals surface area (Å²) in [5, 5.41) is 2.95. The Hall–Kier alpha value is -4.76. The lowest BCUT2D eigenvalue weighted by Crippen LogP contribution is -2.04. The Balaban J connectivity index is 0.000000191. The van der Waals surface area contributed by atoms with Gasteiger partial charge in [0.15, 0.2) is 28.2 Å². The van der Waals surface area contributed by atoms with E-state index < -0.39 is 6.17 Å². The van der Waals surface area contributed by atoms with Crippen LogP contribution in [0.1, 0.15) is 55.2 Å². The van der Waals surface area contributed by atoms with E-state index in [0.717, 1.165) is 11.3 Å². The summed E-state index contributed by atoms with van der Waals surface area (Å²) in [6, 6.07) is 9.43. The van der Waals surface area contributed by atoms with Crippen molar-refractivity contribution in [2.75, 3.05) is 0 Å². The number of alkyl halides is 1. The van der Waals surface area contributed by atoms with Gasteiger partial charge in [0, 0.05) is 26.6 Å². The van der Waals surface area contributed by atoms with Crippen molar-refractivity contribution < 1.29 is 27.8 Å². The number of ether oxygens (including phenoxy) is 2. The fourth-order valence-electron chi connectivity index (χ4n) is 4.09. The predicted octanol–water partition coefficient (Wildman–Crippen LogP) is 9.09. The zero-order valence-electron chi connectivity index (χ0n) is 25.6. The molecule has 1 atom stereocenters. The highest BCUT2D eigenvalue weighted by atomic mass is 35.5. The second-order valence-corrected chi connectivity index (χ2v) is 13.0. The molecule has 0 amide bonds. The lowest BCUT2D eigenvalue weighted by atomic mass is 10.1. The lowest BCUT2D eigenvalue weighted by Gasteiger charge is -2.07. The molecule has 0 aliphatic heterocycles. The molecule has 4 heterocycles. The van der Waals surface area contributed by atoms with Crippen LogP contribution >= 0.6 is 45.9 Å². The van der Waals surface area contributed by atoms with Crippen LogP contribution in [0.3, 0.4) is 0 Å². The second-order valence-electron chi connectivity index (χ2n) is 10.2. The van der Waals surface area contributed by atoms with Crippen molar-refractivity contribution in [2.24, 2.45) is 0 Å². The molecule has 1 unspecified atom stereocenters. The van der Waals surface area contributed by atoms with Crippen LogP contribution in [-0.4, -0.2) is 41.5 Å². The molecule has 6 aromatic rings. The van der Waals surface area contributed by atoms with Crippen LogP contribution < -0.4 is 9.47 Å². The Bertz CT molecular complexity index is 2050. The number of hydrogen-bond donors (Lipinski definition) is 0. The first kappa shape index (κ1) is 35.5. The molecule has 0 aliphatic rings. The summed E-state index contributed by atoms with van der Waals surface area (Å²) in [6.07, 6.45) is 7.70. The van der Waals surface area contributed by atoms with Crippen LogP contribution in [0.15, 0.2) is 79.2 Å². The Morgan fingerprint density at radius 2 is 1.24 bits per heavy atom. The van der Waals surface area contributed by atoms with Crippen LogP contribution in [0.25, 0.3) is 0 Å². The van der Waals surface area contributed by atoms with Gasteiger partial charge in [0.05, 0.1) is 49.0 Å². The second kappa shape index (κ2) is 16.6. The number of carbonyl (C=O) groups excluding carboxylic acids is 2. The van der Waals surface area contributed by atoms with Gasteiger partial charge in [-0.15, -0.1) is 11.3 Å². The van der Waals surface area contributed by atoms with E-state index >= 15 is 0 Å². The van der Waals surface area contributed by atoms with E-state index in [0.29, 0.717) is 65.6 Å². The molecule has 0 aliphatic carbocycles. The Morgan fingerprint density at radius 3 is 1.67 bits per heavy atom. The molecule has 10 nitrogen and oxygen atoms in total. The summed E-state index contributed by atoms with van der Waals surface area (Å²) in [7, 11) is 0. The van der Waals surface area contributed by atoms with Gasteiger partial charge in [-0.05, 0) is 50.2 Å². The Labute approximate surface area is 296 Å². The molecule has 0 saturated carbocycles. The molecule has 250 valence electrons. The van der Waals surface area contributed by atoms with Crippen molar-refractivity contribution in [3.05, 3.63) is 127 Å². The number of hydrogen-bond acceptors (Lipinski definition) is 12. The van der Waals surface area contributed by atoms with E-state index in [1.165, 1.54) is 61.8 Å². The van der Waals surface area contributed by atoms with Crippen molar-refractivity contribution in [3.8, 4) is 23.0 Å². The first-order valence-corrected chi connectivity index (χ1v) is 16.7. The van der Waals surface area contributed by atoms with Gasteiger partial charge in [-0.25, -0.2) is 34.3 Å². The van der Waals surface area contributed by atoms with E-state index in [2.05, 4.69) is 29.9 Å². The maximum absolute atomic E-state index is 13.4. The maximum atomic E-state index is 13.4. The zero-order valence-corrected chi connectivity index (χ0v) is 28.8. The number of benzene rings is 2. The predicted molar refractivity (Wildman–Crippen MR) is 182 cm³/mol. The third-order valence-electron chi connectivity index (χ3n) is 6.32. The average Bonchev–Trinajstić information content (AvgIpc) is 3.67. The van der Waals surface area contributed by atoms with Crippen molar-refractivity contribution >= 4 is 57.4 Å². The van der Waals surface area contributed by atoms with Gasteiger partial charge in [0.25, 0.3) is 0 Å².